The Morgan fingerprint density at radius 3 is 2.40 bits per heavy atom. The Kier molecular flexibility index (Phi) is 3.79. The average Bonchev–Trinajstić information content (AvgIpc) is 2.83. The number of benzene rings is 1. The van der Waals surface area contributed by atoms with Gasteiger partial charge in [-0.3, -0.25) is 0 Å². The minimum absolute atomic E-state index is 0.213. The molecule has 1 atom stereocenters. The summed E-state index contributed by atoms with van der Waals surface area (Å²) in [5.41, 5.74) is 0.583. The fourth-order valence-corrected chi connectivity index (χ4v) is 2.04. The van der Waals surface area contributed by atoms with Crippen molar-refractivity contribution in [3.8, 4) is 0 Å². The summed E-state index contributed by atoms with van der Waals surface area (Å²) in [6, 6.07) is 7.41. The highest BCUT2D eigenvalue weighted by atomic mass is 16.4. The third-order valence-electron chi connectivity index (χ3n) is 2.92. The molecule has 0 radical (unpaired) electrons. The largest absolute Gasteiger partial charge is 0.479 e. The van der Waals surface area contributed by atoms with Gasteiger partial charge < -0.3 is 10.2 Å². The zero-order valence-corrected chi connectivity index (χ0v) is 10.7. The SMILES string of the molecule is CCc1c(C(=O)O)nnn1C(C(=O)O)c1ccccc1. The van der Waals surface area contributed by atoms with Gasteiger partial charge in [0.15, 0.2) is 11.7 Å². The normalized spacial score (nSPS) is 12.1. The Bertz CT molecular complexity index is 636. The van der Waals surface area contributed by atoms with E-state index < -0.39 is 18.0 Å². The summed E-state index contributed by atoms with van der Waals surface area (Å²) in [5, 5.41) is 25.7. The maximum atomic E-state index is 11.5. The van der Waals surface area contributed by atoms with Crippen molar-refractivity contribution in [2.75, 3.05) is 0 Å². The van der Waals surface area contributed by atoms with Crippen LogP contribution in [0.25, 0.3) is 0 Å². The van der Waals surface area contributed by atoms with Crippen molar-refractivity contribution < 1.29 is 19.8 Å². The van der Waals surface area contributed by atoms with Crippen molar-refractivity contribution in [1.82, 2.24) is 15.0 Å². The highest BCUT2D eigenvalue weighted by Gasteiger charge is 2.28. The summed E-state index contributed by atoms with van der Waals surface area (Å²) in [7, 11) is 0. The number of carbonyl (C=O) groups is 2. The molecule has 104 valence electrons. The molecule has 0 fully saturated rings. The first-order chi connectivity index (χ1) is 9.56. The molecule has 0 saturated heterocycles. The molecule has 7 nitrogen and oxygen atoms in total. The predicted molar refractivity (Wildman–Crippen MR) is 68.6 cm³/mol. The molecule has 2 rings (SSSR count). The molecule has 1 aromatic carbocycles. The number of aromatic carboxylic acids is 1. The summed E-state index contributed by atoms with van der Waals surface area (Å²) < 4.78 is 1.15. The lowest BCUT2D eigenvalue weighted by Gasteiger charge is -2.15. The molecular formula is C13H13N3O4. The number of aromatic nitrogens is 3. The number of rotatable bonds is 5. The predicted octanol–water partition coefficient (Wildman–Crippen LogP) is 1.21. The number of aliphatic carboxylic acids is 1. The number of hydrogen-bond acceptors (Lipinski definition) is 4. The van der Waals surface area contributed by atoms with Crippen LogP contribution in [0, 0.1) is 0 Å². The van der Waals surface area contributed by atoms with Gasteiger partial charge in [0.25, 0.3) is 0 Å². The van der Waals surface area contributed by atoms with E-state index in [1.807, 2.05) is 0 Å². The minimum Gasteiger partial charge on any atom is -0.479 e. The molecule has 1 unspecified atom stereocenters. The monoisotopic (exact) mass is 275 g/mol. The van der Waals surface area contributed by atoms with Gasteiger partial charge in [-0.1, -0.05) is 42.5 Å². The standard InChI is InChI=1S/C13H13N3O4/c1-2-9-10(12(17)18)14-15-16(9)11(13(19)20)8-6-4-3-5-7-8/h3-7,11H,2H2,1H3,(H,17,18)(H,19,20). The van der Waals surface area contributed by atoms with Crippen LogP contribution >= 0.6 is 0 Å². The van der Waals surface area contributed by atoms with Crippen LogP contribution in [0.2, 0.25) is 0 Å². The van der Waals surface area contributed by atoms with Crippen molar-refractivity contribution in [2.45, 2.75) is 19.4 Å². The molecular weight excluding hydrogens is 262 g/mol. The molecule has 0 aliphatic rings. The van der Waals surface area contributed by atoms with Crippen molar-refractivity contribution in [2.24, 2.45) is 0 Å². The second-order valence-corrected chi connectivity index (χ2v) is 4.14. The van der Waals surface area contributed by atoms with Crippen LogP contribution in [0.1, 0.15) is 34.7 Å². The van der Waals surface area contributed by atoms with Crippen LogP contribution in [0.4, 0.5) is 0 Å². The third-order valence-corrected chi connectivity index (χ3v) is 2.92. The van der Waals surface area contributed by atoms with Gasteiger partial charge >= 0.3 is 11.9 Å². The lowest BCUT2D eigenvalue weighted by atomic mass is 10.1. The molecule has 1 aromatic heterocycles. The fourth-order valence-electron chi connectivity index (χ4n) is 2.04. The molecule has 1 heterocycles. The molecule has 0 saturated carbocycles. The van der Waals surface area contributed by atoms with Gasteiger partial charge in [0.2, 0.25) is 0 Å². The van der Waals surface area contributed by atoms with E-state index in [4.69, 9.17) is 5.11 Å². The molecule has 0 amide bonds. The van der Waals surface area contributed by atoms with Crippen molar-refractivity contribution in [1.29, 1.82) is 0 Å². The second-order valence-electron chi connectivity index (χ2n) is 4.14. The van der Waals surface area contributed by atoms with Crippen LogP contribution < -0.4 is 0 Å². The van der Waals surface area contributed by atoms with E-state index in [1.165, 1.54) is 0 Å². The maximum Gasteiger partial charge on any atom is 0.358 e. The number of carboxylic acid groups (broad SMARTS) is 2. The van der Waals surface area contributed by atoms with Crippen LogP contribution in [-0.2, 0) is 11.2 Å². The van der Waals surface area contributed by atoms with Gasteiger partial charge in [-0.25, -0.2) is 14.3 Å². The zero-order valence-electron chi connectivity index (χ0n) is 10.7. The second kappa shape index (κ2) is 5.52. The van der Waals surface area contributed by atoms with E-state index >= 15 is 0 Å². The Labute approximate surface area is 114 Å². The van der Waals surface area contributed by atoms with Gasteiger partial charge in [-0.15, -0.1) is 5.10 Å². The van der Waals surface area contributed by atoms with Crippen LogP contribution in [0.15, 0.2) is 30.3 Å². The van der Waals surface area contributed by atoms with Gasteiger partial charge in [0, 0.05) is 0 Å². The molecule has 2 N–H and O–H groups in total. The molecule has 0 aliphatic heterocycles. The van der Waals surface area contributed by atoms with Gasteiger partial charge in [-0.2, -0.15) is 0 Å². The van der Waals surface area contributed by atoms with E-state index in [0.717, 1.165) is 4.68 Å². The number of carboxylic acids is 2. The summed E-state index contributed by atoms with van der Waals surface area (Å²) in [4.78, 5) is 22.6. The summed E-state index contributed by atoms with van der Waals surface area (Å²) in [6.45, 7) is 1.73. The topological polar surface area (TPSA) is 105 Å². The average molecular weight is 275 g/mol. The summed E-state index contributed by atoms with van der Waals surface area (Å²) >= 11 is 0. The Balaban J connectivity index is 2.57. The van der Waals surface area contributed by atoms with Gasteiger partial charge in [-0.05, 0) is 12.0 Å². The maximum absolute atomic E-state index is 11.5. The molecule has 0 bridgehead atoms. The highest BCUT2D eigenvalue weighted by Crippen LogP contribution is 2.21. The van der Waals surface area contributed by atoms with Crippen LogP contribution in [0.5, 0.6) is 0 Å². The van der Waals surface area contributed by atoms with E-state index in [2.05, 4.69) is 10.3 Å². The first-order valence-electron chi connectivity index (χ1n) is 6.01. The first kappa shape index (κ1) is 13.7. The van der Waals surface area contributed by atoms with Crippen LogP contribution in [-0.4, -0.2) is 37.1 Å². The lowest BCUT2D eigenvalue weighted by Crippen LogP contribution is -2.23. The van der Waals surface area contributed by atoms with E-state index in [1.54, 1.807) is 37.3 Å². The summed E-state index contributed by atoms with van der Waals surface area (Å²) in [5.74, 6) is -2.34. The highest BCUT2D eigenvalue weighted by molar-refractivity contribution is 5.86. The molecule has 0 aliphatic carbocycles. The lowest BCUT2D eigenvalue weighted by molar-refractivity contribution is -0.139. The van der Waals surface area contributed by atoms with E-state index in [9.17, 15) is 14.7 Å². The molecule has 7 heteroatoms. The summed E-state index contributed by atoms with van der Waals surface area (Å²) in [6.07, 6.45) is 0.325. The minimum atomic E-state index is -1.22. The van der Waals surface area contributed by atoms with Crippen LogP contribution in [0.3, 0.4) is 0 Å². The Hall–Kier alpha value is -2.70. The van der Waals surface area contributed by atoms with Crippen molar-refractivity contribution >= 4 is 11.9 Å². The smallest absolute Gasteiger partial charge is 0.358 e. The third kappa shape index (κ3) is 2.37. The number of nitrogens with zero attached hydrogens (tertiary/aromatic N) is 3. The molecule has 2 aromatic rings. The van der Waals surface area contributed by atoms with Gasteiger partial charge in [0.1, 0.15) is 0 Å². The Morgan fingerprint density at radius 1 is 1.25 bits per heavy atom. The van der Waals surface area contributed by atoms with Crippen molar-refractivity contribution in [3.05, 3.63) is 47.3 Å². The zero-order chi connectivity index (χ0) is 14.7. The van der Waals surface area contributed by atoms with Gasteiger partial charge in [0.05, 0.1) is 5.69 Å². The number of hydrogen-bond donors (Lipinski definition) is 2. The van der Waals surface area contributed by atoms with E-state index in [-0.39, 0.29) is 11.4 Å². The van der Waals surface area contributed by atoms with Crippen molar-refractivity contribution in [3.63, 3.8) is 0 Å². The quantitative estimate of drug-likeness (QED) is 0.849. The van der Waals surface area contributed by atoms with E-state index in [0.29, 0.717) is 12.0 Å². The fraction of sp³-hybridized carbons (Fsp3) is 0.231. The molecule has 0 spiro atoms. The Morgan fingerprint density at radius 2 is 1.90 bits per heavy atom. The first-order valence-corrected chi connectivity index (χ1v) is 6.01. The molecule has 20 heavy (non-hydrogen) atoms.